The summed E-state index contributed by atoms with van der Waals surface area (Å²) < 4.78 is 13.6. The Bertz CT molecular complexity index is 598. The summed E-state index contributed by atoms with van der Waals surface area (Å²) in [5, 5.41) is 6.51. The standard InChI is InChI=1S/C15H16Cl2FNS/c1-3-5-19-14(15-11(16)4-6-20-15)10-7-9(2)13(18)8-12(10)17/h4,6-8,14,19H,3,5H2,1-2H3. The van der Waals surface area contributed by atoms with Gasteiger partial charge in [-0.1, -0.05) is 30.1 Å². The molecule has 1 atom stereocenters. The quantitative estimate of drug-likeness (QED) is 0.752. The van der Waals surface area contributed by atoms with Crippen molar-refractivity contribution in [2.75, 3.05) is 6.54 Å². The summed E-state index contributed by atoms with van der Waals surface area (Å²) in [5.41, 5.74) is 1.45. The molecule has 2 aromatic rings. The molecule has 1 nitrogen and oxygen atoms in total. The highest BCUT2D eigenvalue weighted by atomic mass is 35.5. The Kier molecular flexibility index (Phi) is 5.44. The van der Waals surface area contributed by atoms with Crippen LogP contribution in [-0.4, -0.2) is 6.54 Å². The molecule has 1 aromatic carbocycles. The van der Waals surface area contributed by atoms with Gasteiger partial charge >= 0.3 is 0 Å². The van der Waals surface area contributed by atoms with Crippen LogP contribution in [0.1, 0.15) is 35.4 Å². The Labute approximate surface area is 132 Å². The van der Waals surface area contributed by atoms with Gasteiger partial charge in [-0.05, 0) is 54.6 Å². The number of aryl methyl sites for hydroxylation is 1. The zero-order chi connectivity index (χ0) is 14.7. The molecular weight excluding hydrogens is 316 g/mol. The van der Waals surface area contributed by atoms with Crippen LogP contribution >= 0.6 is 34.5 Å². The van der Waals surface area contributed by atoms with Gasteiger partial charge in [-0.2, -0.15) is 0 Å². The van der Waals surface area contributed by atoms with E-state index in [0.717, 1.165) is 23.4 Å². The first-order valence-electron chi connectivity index (χ1n) is 6.46. The average Bonchev–Trinajstić information content (AvgIpc) is 2.82. The van der Waals surface area contributed by atoms with E-state index in [0.29, 0.717) is 15.6 Å². The number of benzene rings is 1. The number of nitrogens with one attached hydrogen (secondary N) is 1. The molecule has 0 saturated heterocycles. The van der Waals surface area contributed by atoms with E-state index in [4.69, 9.17) is 23.2 Å². The Morgan fingerprint density at radius 1 is 1.30 bits per heavy atom. The molecule has 2 rings (SSSR count). The molecule has 0 bridgehead atoms. The van der Waals surface area contributed by atoms with Crippen molar-refractivity contribution in [3.05, 3.63) is 55.4 Å². The maximum atomic E-state index is 13.6. The molecule has 1 heterocycles. The topological polar surface area (TPSA) is 12.0 Å². The molecule has 0 amide bonds. The van der Waals surface area contributed by atoms with Crippen molar-refractivity contribution >= 4 is 34.5 Å². The van der Waals surface area contributed by atoms with E-state index >= 15 is 0 Å². The van der Waals surface area contributed by atoms with Gasteiger partial charge in [-0.15, -0.1) is 11.3 Å². The van der Waals surface area contributed by atoms with Crippen molar-refractivity contribution in [2.45, 2.75) is 26.3 Å². The Morgan fingerprint density at radius 2 is 2.05 bits per heavy atom. The fraction of sp³-hybridized carbons (Fsp3) is 0.333. The van der Waals surface area contributed by atoms with Gasteiger partial charge in [0.25, 0.3) is 0 Å². The van der Waals surface area contributed by atoms with Crippen molar-refractivity contribution in [1.82, 2.24) is 5.32 Å². The Hall–Kier alpha value is -0.610. The normalized spacial score (nSPS) is 12.7. The Balaban J connectivity index is 2.46. The number of rotatable bonds is 5. The molecule has 0 spiro atoms. The SMILES string of the molecule is CCCNC(c1cc(C)c(F)cc1Cl)c1sccc1Cl. The van der Waals surface area contributed by atoms with Crippen LogP contribution in [0.4, 0.5) is 4.39 Å². The van der Waals surface area contributed by atoms with Gasteiger partial charge in [0.2, 0.25) is 0 Å². The lowest BCUT2D eigenvalue weighted by Crippen LogP contribution is -2.23. The van der Waals surface area contributed by atoms with E-state index in [2.05, 4.69) is 12.2 Å². The summed E-state index contributed by atoms with van der Waals surface area (Å²) in [6.07, 6.45) is 0.997. The fourth-order valence-electron chi connectivity index (χ4n) is 2.04. The molecule has 0 radical (unpaired) electrons. The molecule has 108 valence electrons. The van der Waals surface area contributed by atoms with Gasteiger partial charge in [0, 0.05) is 9.90 Å². The molecule has 0 aliphatic heterocycles. The van der Waals surface area contributed by atoms with Crippen molar-refractivity contribution in [1.29, 1.82) is 0 Å². The van der Waals surface area contributed by atoms with E-state index in [1.165, 1.54) is 6.07 Å². The zero-order valence-corrected chi connectivity index (χ0v) is 13.7. The molecule has 1 unspecified atom stereocenters. The second-order valence-corrected chi connectivity index (χ2v) is 6.40. The van der Waals surface area contributed by atoms with E-state index in [1.807, 2.05) is 11.4 Å². The minimum absolute atomic E-state index is 0.103. The van der Waals surface area contributed by atoms with Gasteiger partial charge in [-0.3, -0.25) is 0 Å². The molecular formula is C15H16Cl2FNS. The minimum Gasteiger partial charge on any atom is -0.306 e. The van der Waals surface area contributed by atoms with Crippen LogP contribution < -0.4 is 5.32 Å². The van der Waals surface area contributed by atoms with Crippen LogP contribution in [0.2, 0.25) is 10.0 Å². The first-order valence-corrected chi connectivity index (χ1v) is 8.10. The zero-order valence-electron chi connectivity index (χ0n) is 11.3. The molecule has 0 aliphatic rings. The summed E-state index contributed by atoms with van der Waals surface area (Å²) in [6.45, 7) is 4.67. The van der Waals surface area contributed by atoms with E-state index in [9.17, 15) is 4.39 Å². The third-order valence-electron chi connectivity index (χ3n) is 3.09. The lowest BCUT2D eigenvalue weighted by atomic mass is 10.0. The minimum atomic E-state index is -0.287. The van der Waals surface area contributed by atoms with Crippen molar-refractivity contribution in [3.8, 4) is 0 Å². The molecule has 1 N–H and O–H groups in total. The summed E-state index contributed by atoms with van der Waals surface area (Å²) in [4.78, 5) is 1.01. The van der Waals surface area contributed by atoms with Gasteiger partial charge in [0.05, 0.1) is 11.1 Å². The molecule has 0 fully saturated rings. The van der Waals surface area contributed by atoms with Gasteiger partial charge in [-0.25, -0.2) is 4.39 Å². The smallest absolute Gasteiger partial charge is 0.127 e. The van der Waals surface area contributed by atoms with Gasteiger partial charge in [0.15, 0.2) is 0 Å². The van der Waals surface area contributed by atoms with Crippen molar-refractivity contribution in [3.63, 3.8) is 0 Å². The summed E-state index contributed by atoms with van der Waals surface area (Å²) in [7, 11) is 0. The lowest BCUT2D eigenvalue weighted by molar-refractivity contribution is 0.595. The number of hydrogen-bond acceptors (Lipinski definition) is 2. The second-order valence-electron chi connectivity index (χ2n) is 4.64. The monoisotopic (exact) mass is 331 g/mol. The number of thiophene rings is 1. The van der Waals surface area contributed by atoms with E-state index in [-0.39, 0.29) is 11.9 Å². The Morgan fingerprint density at radius 3 is 2.65 bits per heavy atom. The molecule has 1 aromatic heterocycles. The van der Waals surface area contributed by atoms with E-state index < -0.39 is 0 Å². The van der Waals surface area contributed by atoms with Crippen molar-refractivity contribution in [2.24, 2.45) is 0 Å². The molecule has 5 heteroatoms. The van der Waals surface area contributed by atoms with Crippen LogP contribution in [0, 0.1) is 12.7 Å². The molecule has 0 aliphatic carbocycles. The lowest BCUT2D eigenvalue weighted by Gasteiger charge is -2.20. The second kappa shape index (κ2) is 6.90. The molecule has 0 saturated carbocycles. The van der Waals surface area contributed by atoms with Crippen LogP contribution in [0.3, 0.4) is 0 Å². The highest BCUT2D eigenvalue weighted by molar-refractivity contribution is 7.10. The summed E-state index contributed by atoms with van der Waals surface area (Å²) >= 11 is 14.0. The van der Waals surface area contributed by atoms with Crippen LogP contribution in [0.25, 0.3) is 0 Å². The fourth-order valence-corrected chi connectivity index (χ4v) is 3.56. The van der Waals surface area contributed by atoms with Gasteiger partial charge < -0.3 is 5.32 Å². The van der Waals surface area contributed by atoms with Gasteiger partial charge in [0.1, 0.15) is 5.82 Å². The molecule has 20 heavy (non-hydrogen) atoms. The number of halogens is 3. The maximum absolute atomic E-state index is 13.6. The highest BCUT2D eigenvalue weighted by Gasteiger charge is 2.21. The first kappa shape index (κ1) is 15.8. The third-order valence-corrected chi connectivity index (χ3v) is 4.85. The summed E-state index contributed by atoms with van der Waals surface area (Å²) in [5.74, 6) is -0.287. The maximum Gasteiger partial charge on any atom is 0.127 e. The highest BCUT2D eigenvalue weighted by Crippen LogP contribution is 2.36. The predicted molar refractivity (Wildman–Crippen MR) is 85.6 cm³/mol. The van der Waals surface area contributed by atoms with Crippen LogP contribution in [0.15, 0.2) is 23.6 Å². The van der Waals surface area contributed by atoms with E-state index in [1.54, 1.807) is 24.3 Å². The average molecular weight is 332 g/mol. The number of hydrogen-bond donors (Lipinski definition) is 1. The van der Waals surface area contributed by atoms with Crippen LogP contribution in [0.5, 0.6) is 0 Å². The van der Waals surface area contributed by atoms with Crippen LogP contribution in [-0.2, 0) is 0 Å². The third kappa shape index (κ3) is 3.34. The first-order chi connectivity index (χ1) is 9.54. The summed E-state index contributed by atoms with van der Waals surface area (Å²) in [6, 6.07) is 4.93. The van der Waals surface area contributed by atoms with Crippen molar-refractivity contribution < 1.29 is 4.39 Å². The predicted octanol–water partition coefficient (Wildman–Crippen LogP) is 5.59. The largest absolute Gasteiger partial charge is 0.306 e.